The van der Waals surface area contributed by atoms with Crippen LogP contribution in [0.25, 0.3) is 10.9 Å². The molecule has 1 aromatic heterocycles. The van der Waals surface area contributed by atoms with Gasteiger partial charge >= 0.3 is 0 Å². The Hall–Kier alpha value is -2.37. The molecule has 0 aliphatic carbocycles. The summed E-state index contributed by atoms with van der Waals surface area (Å²) in [5, 5.41) is 10.6. The molecule has 0 spiro atoms. The number of hydrogen-bond donors (Lipinski definition) is 2. The largest absolute Gasteiger partial charge is 0.349 e. The van der Waals surface area contributed by atoms with Crippen molar-refractivity contribution < 1.29 is 9.59 Å². The van der Waals surface area contributed by atoms with Crippen LogP contribution in [0, 0.1) is 0 Å². The minimum Gasteiger partial charge on any atom is -0.349 e. The Morgan fingerprint density at radius 1 is 1.27 bits per heavy atom. The summed E-state index contributed by atoms with van der Waals surface area (Å²) in [6, 6.07) is 7.53. The van der Waals surface area contributed by atoms with Crippen molar-refractivity contribution in [2.45, 2.75) is 25.7 Å². The molecule has 0 bridgehead atoms. The molecule has 6 nitrogen and oxygen atoms in total. The smallest absolute Gasteiger partial charge is 0.272 e. The maximum atomic E-state index is 12.2. The fourth-order valence-corrected chi connectivity index (χ4v) is 2.80. The van der Waals surface area contributed by atoms with Gasteiger partial charge in [-0.05, 0) is 18.9 Å². The van der Waals surface area contributed by atoms with E-state index in [4.69, 9.17) is 0 Å². The van der Waals surface area contributed by atoms with Crippen molar-refractivity contribution in [3.05, 3.63) is 30.0 Å². The standard InChI is InChI=1S/C16H20N4O2/c21-14-8-2-1-5-10-20(14)11-9-17-16(22)15-12-6-3-4-7-13(12)18-19-15/h3-4,6-7H,1-2,5,8-11H2,(H,17,22)(H,18,19). The molecule has 0 saturated carbocycles. The van der Waals surface area contributed by atoms with Crippen LogP contribution >= 0.6 is 0 Å². The fraction of sp³-hybridized carbons (Fsp3) is 0.438. The van der Waals surface area contributed by atoms with Crippen LogP contribution in [-0.4, -0.2) is 46.5 Å². The minimum absolute atomic E-state index is 0.192. The third-order valence-electron chi connectivity index (χ3n) is 4.02. The molecule has 1 aliphatic rings. The number of rotatable bonds is 4. The van der Waals surface area contributed by atoms with Gasteiger partial charge in [0.05, 0.1) is 5.52 Å². The van der Waals surface area contributed by atoms with Crippen molar-refractivity contribution in [1.29, 1.82) is 0 Å². The molecule has 2 amide bonds. The van der Waals surface area contributed by atoms with Crippen molar-refractivity contribution in [1.82, 2.24) is 20.4 Å². The molecule has 2 N–H and O–H groups in total. The minimum atomic E-state index is -0.209. The first-order valence-corrected chi connectivity index (χ1v) is 7.75. The van der Waals surface area contributed by atoms with Gasteiger partial charge in [-0.1, -0.05) is 24.6 Å². The number of para-hydroxylation sites is 1. The van der Waals surface area contributed by atoms with Crippen molar-refractivity contribution in [3.63, 3.8) is 0 Å². The summed E-state index contributed by atoms with van der Waals surface area (Å²) < 4.78 is 0. The average molecular weight is 300 g/mol. The molecule has 0 unspecified atom stereocenters. The van der Waals surface area contributed by atoms with E-state index < -0.39 is 0 Å². The summed E-state index contributed by atoms with van der Waals surface area (Å²) in [5.74, 6) is -0.0170. The highest BCUT2D eigenvalue weighted by Crippen LogP contribution is 2.14. The zero-order valence-electron chi connectivity index (χ0n) is 12.5. The topological polar surface area (TPSA) is 78.1 Å². The van der Waals surface area contributed by atoms with Gasteiger partial charge in [-0.2, -0.15) is 5.10 Å². The molecule has 22 heavy (non-hydrogen) atoms. The number of nitrogens with zero attached hydrogens (tertiary/aromatic N) is 2. The third kappa shape index (κ3) is 3.10. The summed E-state index contributed by atoms with van der Waals surface area (Å²) in [5.41, 5.74) is 1.24. The second-order valence-electron chi connectivity index (χ2n) is 5.57. The predicted molar refractivity (Wildman–Crippen MR) is 83.5 cm³/mol. The number of benzene rings is 1. The normalized spacial score (nSPS) is 15.8. The first kappa shape index (κ1) is 14.6. The summed E-state index contributed by atoms with van der Waals surface area (Å²) in [4.78, 5) is 25.9. The van der Waals surface area contributed by atoms with Crippen LogP contribution in [0.1, 0.15) is 36.2 Å². The number of aromatic nitrogens is 2. The van der Waals surface area contributed by atoms with Gasteiger partial charge in [0.2, 0.25) is 5.91 Å². The quantitative estimate of drug-likeness (QED) is 0.902. The van der Waals surface area contributed by atoms with Crippen LogP contribution in [0.2, 0.25) is 0 Å². The number of nitrogens with one attached hydrogen (secondary N) is 2. The Bertz CT molecular complexity index is 680. The number of aromatic amines is 1. The molecule has 1 saturated heterocycles. The lowest BCUT2D eigenvalue weighted by atomic mass is 10.2. The molecule has 2 aromatic rings. The maximum Gasteiger partial charge on any atom is 0.272 e. The van der Waals surface area contributed by atoms with Crippen molar-refractivity contribution in [3.8, 4) is 0 Å². The second kappa shape index (κ2) is 6.60. The second-order valence-corrected chi connectivity index (χ2v) is 5.57. The lowest BCUT2D eigenvalue weighted by Gasteiger charge is -2.20. The molecule has 1 aliphatic heterocycles. The van der Waals surface area contributed by atoms with E-state index in [1.807, 2.05) is 29.2 Å². The van der Waals surface area contributed by atoms with Crippen LogP contribution in [0.4, 0.5) is 0 Å². The number of carbonyl (C=O) groups is 2. The van der Waals surface area contributed by atoms with Gasteiger partial charge in [0.15, 0.2) is 5.69 Å². The van der Waals surface area contributed by atoms with E-state index in [2.05, 4.69) is 15.5 Å². The highest BCUT2D eigenvalue weighted by Gasteiger charge is 2.17. The maximum absolute atomic E-state index is 12.2. The van der Waals surface area contributed by atoms with Crippen molar-refractivity contribution >= 4 is 22.7 Å². The number of fused-ring (bicyclic) bond motifs is 1. The van der Waals surface area contributed by atoms with E-state index >= 15 is 0 Å². The molecule has 0 atom stereocenters. The van der Waals surface area contributed by atoms with E-state index in [9.17, 15) is 9.59 Å². The summed E-state index contributed by atoms with van der Waals surface area (Å²) in [7, 11) is 0. The van der Waals surface area contributed by atoms with Gasteiger partial charge in [-0.3, -0.25) is 14.7 Å². The number of amides is 2. The monoisotopic (exact) mass is 300 g/mol. The van der Waals surface area contributed by atoms with Gasteiger partial charge in [0.25, 0.3) is 5.91 Å². The molecular formula is C16H20N4O2. The van der Waals surface area contributed by atoms with Crippen molar-refractivity contribution in [2.75, 3.05) is 19.6 Å². The highest BCUT2D eigenvalue weighted by atomic mass is 16.2. The molecule has 0 radical (unpaired) electrons. The SMILES string of the molecule is O=C(NCCN1CCCCCC1=O)c1n[nH]c2ccccc12. The van der Waals surface area contributed by atoms with Crippen LogP contribution in [0.5, 0.6) is 0 Å². The van der Waals surface area contributed by atoms with E-state index in [-0.39, 0.29) is 11.8 Å². The highest BCUT2D eigenvalue weighted by molar-refractivity contribution is 6.04. The average Bonchev–Trinajstić information content (AvgIpc) is 2.86. The van der Waals surface area contributed by atoms with Crippen LogP contribution in [-0.2, 0) is 4.79 Å². The first-order chi connectivity index (χ1) is 10.8. The number of carbonyl (C=O) groups excluding carboxylic acids is 2. The molecule has 1 aromatic carbocycles. The van der Waals surface area contributed by atoms with Gasteiger partial charge in [-0.15, -0.1) is 0 Å². The van der Waals surface area contributed by atoms with E-state index in [1.165, 1.54) is 0 Å². The van der Waals surface area contributed by atoms with Gasteiger partial charge in [0, 0.05) is 31.4 Å². The summed E-state index contributed by atoms with van der Waals surface area (Å²) in [6.45, 7) is 1.80. The predicted octanol–water partition coefficient (Wildman–Crippen LogP) is 1.70. The summed E-state index contributed by atoms with van der Waals surface area (Å²) >= 11 is 0. The van der Waals surface area contributed by atoms with Gasteiger partial charge in [0.1, 0.15) is 0 Å². The van der Waals surface area contributed by atoms with Gasteiger partial charge < -0.3 is 10.2 Å². The Kier molecular flexibility index (Phi) is 4.37. The molecule has 2 heterocycles. The van der Waals surface area contributed by atoms with Crippen LogP contribution in [0.15, 0.2) is 24.3 Å². The number of likely N-dealkylation sites (tertiary alicyclic amines) is 1. The zero-order valence-corrected chi connectivity index (χ0v) is 12.5. The van der Waals surface area contributed by atoms with E-state index in [0.717, 1.165) is 36.7 Å². The Morgan fingerprint density at radius 3 is 3.05 bits per heavy atom. The molecular weight excluding hydrogens is 280 g/mol. The molecule has 6 heteroatoms. The van der Waals surface area contributed by atoms with Crippen molar-refractivity contribution in [2.24, 2.45) is 0 Å². The van der Waals surface area contributed by atoms with E-state index in [1.54, 1.807) is 0 Å². The third-order valence-corrected chi connectivity index (χ3v) is 4.02. The molecule has 3 rings (SSSR count). The molecule has 1 fully saturated rings. The van der Waals surface area contributed by atoms with Crippen LogP contribution in [0.3, 0.4) is 0 Å². The zero-order chi connectivity index (χ0) is 15.4. The van der Waals surface area contributed by atoms with Crippen LogP contribution < -0.4 is 5.32 Å². The molecule has 116 valence electrons. The number of hydrogen-bond acceptors (Lipinski definition) is 3. The van der Waals surface area contributed by atoms with Gasteiger partial charge in [-0.25, -0.2) is 0 Å². The number of H-pyrrole nitrogens is 1. The fourth-order valence-electron chi connectivity index (χ4n) is 2.80. The first-order valence-electron chi connectivity index (χ1n) is 7.75. The Morgan fingerprint density at radius 2 is 2.14 bits per heavy atom. The lowest BCUT2D eigenvalue weighted by molar-refractivity contribution is -0.130. The Balaban J connectivity index is 1.57. The van der Waals surface area contributed by atoms with E-state index in [0.29, 0.717) is 25.2 Å². The Labute approximate surface area is 128 Å². The summed E-state index contributed by atoms with van der Waals surface area (Å²) in [6.07, 6.45) is 3.75. The lowest BCUT2D eigenvalue weighted by Crippen LogP contribution is -2.38.